The molecule has 2 nitrogen and oxygen atoms in total. The lowest BCUT2D eigenvalue weighted by molar-refractivity contribution is 0.126. The molecule has 2 heteroatoms. The predicted molar refractivity (Wildman–Crippen MR) is 40.6 cm³/mol. The molecule has 10 heavy (non-hydrogen) atoms. The molecule has 0 aliphatic heterocycles. The first kappa shape index (κ1) is 9.28. The average Bonchev–Trinajstić information content (AvgIpc) is 1.89. The fraction of sp³-hybridized carbons (Fsp3) is 0.625. The fourth-order valence-electron chi connectivity index (χ4n) is 0.473. The van der Waals surface area contributed by atoms with Gasteiger partial charge < -0.3 is 9.84 Å². The van der Waals surface area contributed by atoms with Gasteiger partial charge in [-0.1, -0.05) is 5.73 Å². The first-order chi connectivity index (χ1) is 4.81. The zero-order chi connectivity index (χ0) is 7.82. The van der Waals surface area contributed by atoms with Crippen molar-refractivity contribution in [3.63, 3.8) is 0 Å². The Morgan fingerprint density at radius 3 is 2.90 bits per heavy atom. The van der Waals surface area contributed by atoms with E-state index >= 15 is 0 Å². The van der Waals surface area contributed by atoms with Crippen LogP contribution in [-0.4, -0.2) is 17.8 Å². The van der Waals surface area contributed by atoms with E-state index in [1.165, 1.54) is 6.26 Å². The van der Waals surface area contributed by atoms with Crippen LogP contribution < -0.4 is 0 Å². The van der Waals surface area contributed by atoms with Gasteiger partial charge in [0.1, 0.15) is 6.26 Å². The van der Waals surface area contributed by atoms with Crippen LogP contribution in [0.25, 0.3) is 0 Å². The summed E-state index contributed by atoms with van der Waals surface area (Å²) in [7, 11) is 0. The Balaban J connectivity index is 3.38. The van der Waals surface area contributed by atoms with Crippen LogP contribution in [0, 0.1) is 0 Å². The number of ether oxygens (including phenoxy) is 1. The van der Waals surface area contributed by atoms with Crippen LogP contribution in [0.4, 0.5) is 0 Å². The smallest absolute Gasteiger partial charge is 0.125 e. The lowest BCUT2D eigenvalue weighted by atomic mass is 10.3. The molecule has 0 saturated carbocycles. The summed E-state index contributed by atoms with van der Waals surface area (Å²) in [5.74, 6) is 0. The van der Waals surface area contributed by atoms with Gasteiger partial charge in [-0.3, -0.25) is 0 Å². The van der Waals surface area contributed by atoms with Crippen molar-refractivity contribution in [2.45, 2.75) is 26.4 Å². The third-order valence-corrected chi connectivity index (χ3v) is 1.07. The summed E-state index contributed by atoms with van der Waals surface area (Å²) in [6, 6.07) is 0. The van der Waals surface area contributed by atoms with Gasteiger partial charge >= 0.3 is 0 Å². The van der Waals surface area contributed by atoms with Gasteiger partial charge in [-0.05, 0) is 19.9 Å². The summed E-state index contributed by atoms with van der Waals surface area (Å²) < 4.78 is 5.10. The van der Waals surface area contributed by atoms with Crippen LogP contribution in [0.2, 0.25) is 0 Å². The van der Waals surface area contributed by atoms with Gasteiger partial charge in [0, 0.05) is 13.0 Å². The van der Waals surface area contributed by atoms with E-state index in [1.54, 1.807) is 6.08 Å². The highest BCUT2D eigenvalue weighted by molar-refractivity contribution is 4.75. The minimum Gasteiger partial charge on any atom is -0.490 e. The fourth-order valence-corrected chi connectivity index (χ4v) is 0.473. The Labute approximate surface area is 61.8 Å². The monoisotopic (exact) mass is 142 g/mol. The van der Waals surface area contributed by atoms with E-state index in [2.05, 4.69) is 5.73 Å². The number of aliphatic hydroxyl groups excluding tert-OH is 1. The van der Waals surface area contributed by atoms with Crippen LogP contribution in [0.15, 0.2) is 18.1 Å². The molecule has 1 N–H and O–H groups in total. The third-order valence-electron chi connectivity index (χ3n) is 1.07. The van der Waals surface area contributed by atoms with Gasteiger partial charge in [-0.25, -0.2) is 0 Å². The molecular weight excluding hydrogens is 128 g/mol. The van der Waals surface area contributed by atoms with E-state index in [1.807, 2.05) is 13.8 Å². The normalized spacial score (nSPS) is 11.5. The first-order valence-electron chi connectivity index (χ1n) is 3.43. The molecule has 0 spiro atoms. The molecule has 0 aliphatic carbocycles. The SMILES string of the molecule is CC=C=CO[C@H](C)CCO. The molecule has 0 unspecified atom stereocenters. The van der Waals surface area contributed by atoms with Crippen LogP contribution in [0.5, 0.6) is 0 Å². The second kappa shape index (κ2) is 6.40. The van der Waals surface area contributed by atoms with Gasteiger partial charge in [0.05, 0.1) is 6.10 Å². The number of hydrogen-bond acceptors (Lipinski definition) is 2. The van der Waals surface area contributed by atoms with Crippen molar-refractivity contribution in [3.05, 3.63) is 18.1 Å². The molecule has 0 aromatic carbocycles. The molecule has 0 saturated heterocycles. The maximum absolute atomic E-state index is 8.47. The van der Waals surface area contributed by atoms with Crippen LogP contribution in [-0.2, 0) is 4.74 Å². The van der Waals surface area contributed by atoms with Gasteiger partial charge in [0.25, 0.3) is 0 Å². The standard InChI is InChI=1S/C8H14O2/c1-3-4-7-10-8(2)5-6-9/h3,7-9H,5-6H2,1-2H3/t4?,8-/m1/s1. The van der Waals surface area contributed by atoms with E-state index in [0.29, 0.717) is 6.42 Å². The average molecular weight is 142 g/mol. The van der Waals surface area contributed by atoms with Crippen molar-refractivity contribution in [2.24, 2.45) is 0 Å². The zero-order valence-electron chi connectivity index (χ0n) is 6.50. The minimum absolute atomic E-state index is 0.0810. The van der Waals surface area contributed by atoms with Crippen LogP contribution >= 0.6 is 0 Å². The Hall–Kier alpha value is -0.720. The zero-order valence-corrected chi connectivity index (χ0v) is 6.50. The van der Waals surface area contributed by atoms with E-state index in [9.17, 15) is 0 Å². The third kappa shape index (κ3) is 5.42. The molecule has 0 aromatic rings. The summed E-state index contributed by atoms with van der Waals surface area (Å²) in [6.07, 6.45) is 4.03. The molecule has 0 aliphatic rings. The topological polar surface area (TPSA) is 29.5 Å². The maximum atomic E-state index is 8.47. The van der Waals surface area contributed by atoms with Gasteiger partial charge in [0.2, 0.25) is 0 Å². The second-order valence-corrected chi connectivity index (χ2v) is 2.03. The Kier molecular flexibility index (Phi) is 5.94. The van der Waals surface area contributed by atoms with E-state index in [4.69, 9.17) is 9.84 Å². The molecule has 0 fully saturated rings. The van der Waals surface area contributed by atoms with Gasteiger partial charge in [-0.2, -0.15) is 0 Å². The van der Waals surface area contributed by atoms with Crippen molar-refractivity contribution in [1.29, 1.82) is 0 Å². The van der Waals surface area contributed by atoms with E-state index in [0.717, 1.165) is 0 Å². The molecule has 0 rings (SSSR count). The Morgan fingerprint density at radius 2 is 2.40 bits per heavy atom. The number of aliphatic hydroxyl groups is 1. The second-order valence-electron chi connectivity index (χ2n) is 2.03. The quantitative estimate of drug-likeness (QED) is 0.475. The summed E-state index contributed by atoms with van der Waals surface area (Å²) >= 11 is 0. The highest BCUT2D eigenvalue weighted by Gasteiger charge is 1.95. The van der Waals surface area contributed by atoms with Crippen LogP contribution in [0.1, 0.15) is 20.3 Å². The van der Waals surface area contributed by atoms with E-state index < -0.39 is 0 Å². The molecule has 0 radical (unpaired) electrons. The molecule has 0 amide bonds. The number of rotatable bonds is 4. The largest absolute Gasteiger partial charge is 0.490 e. The van der Waals surface area contributed by atoms with Crippen molar-refractivity contribution in [2.75, 3.05) is 6.61 Å². The number of allylic oxidation sites excluding steroid dienone is 1. The van der Waals surface area contributed by atoms with Gasteiger partial charge in [0.15, 0.2) is 0 Å². The van der Waals surface area contributed by atoms with Crippen LogP contribution in [0.3, 0.4) is 0 Å². The molecule has 0 bridgehead atoms. The van der Waals surface area contributed by atoms with Crippen molar-refractivity contribution < 1.29 is 9.84 Å². The molecule has 58 valence electrons. The molecular formula is C8H14O2. The minimum atomic E-state index is 0.0810. The molecule has 1 atom stereocenters. The highest BCUT2D eigenvalue weighted by Crippen LogP contribution is 1.95. The van der Waals surface area contributed by atoms with Gasteiger partial charge in [-0.15, -0.1) is 0 Å². The lowest BCUT2D eigenvalue weighted by Gasteiger charge is -2.06. The van der Waals surface area contributed by atoms with Crippen molar-refractivity contribution >= 4 is 0 Å². The highest BCUT2D eigenvalue weighted by atomic mass is 16.5. The lowest BCUT2D eigenvalue weighted by Crippen LogP contribution is -2.05. The molecule has 0 heterocycles. The van der Waals surface area contributed by atoms with Crippen molar-refractivity contribution in [1.82, 2.24) is 0 Å². The Bertz CT molecular complexity index is 123. The summed E-state index contributed by atoms with van der Waals surface area (Å²) in [5, 5.41) is 8.47. The first-order valence-corrected chi connectivity index (χ1v) is 3.43. The Morgan fingerprint density at radius 1 is 1.70 bits per heavy atom. The molecule has 0 aromatic heterocycles. The summed E-state index contributed by atoms with van der Waals surface area (Å²) in [4.78, 5) is 0. The summed E-state index contributed by atoms with van der Waals surface area (Å²) in [5.41, 5.74) is 2.78. The maximum Gasteiger partial charge on any atom is 0.125 e. The van der Waals surface area contributed by atoms with Crippen molar-refractivity contribution in [3.8, 4) is 0 Å². The summed E-state index contributed by atoms with van der Waals surface area (Å²) in [6.45, 7) is 3.95. The number of hydrogen-bond donors (Lipinski definition) is 1. The van der Waals surface area contributed by atoms with E-state index in [-0.39, 0.29) is 12.7 Å². The predicted octanol–water partition coefficient (Wildman–Crippen LogP) is 1.46.